The van der Waals surface area contributed by atoms with Crippen molar-refractivity contribution in [3.8, 4) is 0 Å². The van der Waals surface area contributed by atoms with Crippen LogP contribution in [0.3, 0.4) is 0 Å². The fourth-order valence-electron chi connectivity index (χ4n) is 0.769. The smallest absolute Gasteiger partial charge is 0.180 e. The van der Waals surface area contributed by atoms with E-state index >= 15 is 0 Å². The van der Waals surface area contributed by atoms with Crippen LogP contribution in [0.5, 0.6) is 0 Å². The summed E-state index contributed by atoms with van der Waals surface area (Å²) in [7, 11) is 0. The van der Waals surface area contributed by atoms with E-state index in [-0.39, 0.29) is 0 Å². The van der Waals surface area contributed by atoms with Crippen molar-refractivity contribution in [2.45, 2.75) is 30.0 Å². The Morgan fingerprint density at radius 1 is 1.10 bits per heavy atom. The number of hydrogen-bond donors (Lipinski definition) is 0. The summed E-state index contributed by atoms with van der Waals surface area (Å²) < 4.78 is -0.750. The van der Waals surface area contributed by atoms with Gasteiger partial charge >= 0.3 is 0 Å². The first-order valence-electron chi connectivity index (χ1n) is 3.07. The molecule has 0 unspecified atom stereocenters. The number of ketones is 1. The molecule has 0 amide bonds. The Morgan fingerprint density at radius 3 is 1.50 bits per heavy atom. The Kier molecular flexibility index (Phi) is 6.60. The molecule has 4 heteroatoms. The van der Waals surface area contributed by atoms with Gasteiger partial charge in [0.25, 0.3) is 0 Å². The zero-order valence-electron chi connectivity index (χ0n) is 5.45. The van der Waals surface area contributed by atoms with Crippen molar-refractivity contribution < 1.29 is 4.79 Å². The van der Waals surface area contributed by atoms with Gasteiger partial charge in [0.1, 0.15) is 5.78 Å². The number of alkyl halides is 3. The molecule has 1 aliphatic carbocycles. The van der Waals surface area contributed by atoms with Crippen LogP contribution in [-0.4, -0.2) is 10.1 Å². The molecule has 0 N–H and O–H groups in total. The SMILES string of the molecule is ClC(Cl)Cl.O=C1CCCC1. The van der Waals surface area contributed by atoms with Crippen molar-refractivity contribution in [1.29, 1.82) is 0 Å². The largest absolute Gasteiger partial charge is 0.300 e. The summed E-state index contributed by atoms with van der Waals surface area (Å²) in [4.78, 5) is 10.2. The molecule has 0 atom stereocenters. The lowest BCUT2D eigenvalue weighted by molar-refractivity contribution is -0.117. The molecule has 1 nitrogen and oxygen atoms in total. The average Bonchev–Trinajstić information content (AvgIpc) is 2.15. The third kappa shape index (κ3) is 8.54. The Balaban J connectivity index is 0.000000180. The molecule has 0 aromatic rings. The molecule has 0 aliphatic heterocycles. The molecule has 0 aromatic heterocycles. The van der Waals surface area contributed by atoms with Gasteiger partial charge in [0.2, 0.25) is 0 Å². The molecule has 0 aromatic carbocycles. The molecule has 1 rings (SSSR count). The fourth-order valence-corrected chi connectivity index (χ4v) is 0.769. The zero-order chi connectivity index (χ0) is 7.98. The molecule has 1 aliphatic rings. The summed E-state index contributed by atoms with van der Waals surface area (Å²) >= 11 is 14.4. The summed E-state index contributed by atoms with van der Waals surface area (Å²) in [5, 5.41) is 0. The van der Waals surface area contributed by atoms with Crippen LogP contribution in [0.4, 0.5) is 0 Å². The minimum Gasteiger partial charge on any atom is -0.300 e. The highest BCUT2D eigenvalue weighted by Gasteiger charge is 2.07. The first kappa shape index (κ1) is 10.5. The van der Waals surface area contributed by atoms with Gasteiger partial charge in [-0.2, -0.15) is 0 Å². The highest BCUT2D eigenvalue weighted by atomic mass is 35.6. The minimum atomic E-state index is -0.750. The van der Waals surface area contributed by atoms with Gasteiger partial charge in [-0.05, 0) is 12.8 Å². The first-order valence-corrected chi connectivity index (χ1v) is 4.38. The van der Waals surface area contributed by atoms with Crippen molar-refractivity contribution in [2.75, 3.05) is 0 Å². The number of carbonyl (C=O) groups is 1. The van der Waals surface area contributed by atoms with E-state index in [0.29, 0.717) is 5.78 Å². The quantitative estimate of drug-likeness (QED) is 0.553. The minimum absolute atomic E-state index is 0.454. The van der Waals surface area contributed by atoms with E-state index in [1.54, 1.807) is 0 Å². The molecular formula is C6H9Cl3O. The standard InChI is InChI=1S/C5H8O.CHCl3/c6-5-3-1-2-4-5;2-1(3)4/h1-4H2;1H. The predicted octanol–water partition coefficient (Wildman–Crippen LogP) is 3.12. The lowest BCUT2D eigenvalue weighted by Crippen LogP contribution is -1.81. The van der Waals surface area contributed by atoms with E-state index in [2.05, 4.69) is 0 Å². The van der Waals surface area contributed by atoms with Crippen LogP contribution in [0.25, 0.3) is 0 Å². The Labute approximate surface area is 75.6 Å². The number of rotatable bonds is 0. The highest BCUT2D eigenvalue weighted by molar-refractivity contribution is 6.63. The number of Topliss-reactive ketones (excluding diaryl/α,β-unsaturated/α-hetero) is 1. The molecular weight excluding hydrogens is 194 g/mol. The molecule has 1 fully saturated rings. The van der Waals surface area contributed by atoms with E-state index in [1.165, 1.54) is 0 Å². The number of carbonyl (C=O) groups excluding carboxylic acids is 1. The summed E-state index contributed by atoms with van der Waals surface area (Å²) in [6.07, 6.45) is 3.97. The van der Waals surface area contributed by atoms with Crippen molar-refractivity contribution in [3.63, 3.8) is 0 Å². The maximum atomic E-state index is 10.2. The van der Waals surface area contributed by atoms with E-state index in [1.807, 2.05) is 0 Å². The van der Waals surface area contributed by atoms with Gasteiger partial charge in [-0.25, -0.2) is 0 Å². The van der Waals surface area contributed by atoms with Gasteiger partial charge < -0.3 is 0 Å². The van der Waals surface area contributed by atoms with Gasteiger partial charge in [-0.15, -0.1) is 0 Å². The zero-order valence-corrected chi connectivity index (χ0v) is 7.72. The average molecular weight is 203 g/mol. The summed E-state index contributed by atoms with van der Waals surface area (Å²) in [5.41, 5.74) is 0. The van der Waals surface area contributed by atoms with Crippen molar-refractivity contribution in [2.24, 2.45) is 0 Å². The van der Waals surface area contributed by atoms with Crippen molar-refractivity contribution in [3.05, 3.63) is 0 Å². The van der Waals surface area contributed by atoms with Crippen molar-refractivity contribution in [1.82, 2.24) is 0 Å². The summed E-state index contributed by atoms with van der Waals surface area (Å²) in [6.45, 7) is 0. The number of halogens is 3. The van der Waals surface area contributed by atoms with Gasteiger partial charge in [0, 0.05) is 12.8 Å². The Hall–Kier alpha value is 0.540. The summed E-state index contributed by atoms with van der Waals surface area (Å²) in [5.74, 6) is 0.454. The van der Waals surface area contributed by atoms with Gasteiger partial charge in [-0.3, -0.25) is 4.79 Å². The monoisotopic (exact) mass is 202 g/mol. The lowest BCUT2D eigenvalue weighted by atomic mass is 10.4. The second-order valence-corrected chi connectivity index (χ2v) is 3.97. The Morgan fingerprint density at radius 2 is 1.40 bits per heavy atom. The highest BCUT2D eigenvalue weighted by Crippen LogP contribution is 2.11. The second-order valence-electron chi connectivity index (χ2n) is 1.99. The van der Waals surface area contributed by atoms with Crippen LogP contribution in [0.2, 0.25) is 0 Å². The van der Waals surface area contributed by atoms with Crippen molar-refractivity contribution >= 4 is 40.6 Å². The predicted molar refractivity (Wildman–Crippen MR) is 44.8 cm³/mol. The third-order valence-corrected chi connectivity index (χ3v) is 1.16. The van der Waals surface area contributed by atoms with Crippen LogP contribution < -0.4 is 0 Å². The molecule has 60 valence electrons. The molecule has 0 heterocycles. The molecule has 0 spiro atoms. The van der Waals surface area contributed by atoms with Crippen LogP contribution in [-0.2, 0) is 4.79 Å². The molecule has 0 saturated heterocycles. The van der Waals surface area contributed by atoms with Gasteiger partial charge in [0.15, 0.2) is 4.30 Å². The van der Waals surface area contributed by atoms with Crippen LogP contribution in [0.1, 0.15) is 25.7 Å². The van der Waals surface area contributed by atoms with Crippen LogP contribution >= 0.6 is 34.8 Å². The third-order valence-electron chi connectivity index (χ3n) is 1.16. The first-order chi connectivity index (χ1) is 4.63. The van der Waals surface area contributed by atoms with E-state index in [0.717, 1.165) is 25.7 Å². The maximum Gasteiger partial charge on any atom is 0.180 e. The van der Waals surface area contributed by atoms with Crippen LogP contribution in [0, 0.1) is 0 Å². The summed E-state index contributed by atoms with van der Waals surface area (Å²) in [6, 6.07) is 0. The van der Waals surface area contributed by atoms with Crippen LogP contribution in [0.15, 0.2) is 0 Å². The molecule has 0 bridgehead atoms. The second kappa shape index (κ2) is 6.26. The lowest BCUT2D eigenvalue weighted by Gasteiger charge is -1.71. The Bertz CT molecular complexity index is 92.4. The van der Waals surface area contributed by atoms with E-state index in [4.69, 9.17) is 34.8 Å². The number of hydrogen-bond acceptors (Lipinski definition) is 1. The van der Waals surface area contributed by atoms with E-state index < -0.39 is 4.30 Å². The topological polar surface area (TPSA) is 17.1 Å². The molecule has 0 radical (unpaired) electrons. The normalized spacial score (nSPS) is 17.0. The maximum absolute atomic E-state index is 10.2. The fraction of sp³-hybridized carbons (Fsp3) is 0.833. The molecule has 1 saturated carbocycles. The molecule has 10 heavy (non-hydrogen) atoms. The van der Waals surface area contributed by atoms with Gasteiger partial charge in [-0.1, -0.05) is 34.8 Å². The van der Waals surface area contributed by atoms with E-state index in [9.17, 15) is 4.79 Å². The van der Waals surface area contributed by atoms with Gasteiger partial charge in [0.05, 0.1) is 0 Å².